The van der Waals surface area contributed by atoms with Crippen LogP contribution in [0.1, 0.15) is 22.8 Å². The molecule has 4 aromatic rings. The number of nitro groups is 1. The predicted octanol–water partition coefficient (Wildman–Crippen LogP) is 4.95. The number of aromatic amines is 1. The molecule has 0 radical (unpaired) electrons. The molecule has 0 spiro atoms. The zero-order valence-corrected chi connectivity index (χ0v) is 17.2. The van der Waals surface area contributed by atoms with Crippen molar-refractivity contribution >= 4 is 28.4 Å². The Morgan fingerprint density at radius 3 is 2.71 bits per heavy atom. The fourth-order valence-electron chi connectivity index (χ4n) is 3.66. The summed E-state index contributed by atoms with van der Waals surface area (Å²) in [4.78, 5) is 18.3. The van der Waals surface area contributed by atoms with Crippen LogP contribution in [0, 0.1) is 35.3 Å². The first-order chi connectivity index (χ1) is 14.9. The maximum Gasteiger partial charge on any atom is 0.273 e. The molecule has 0 aliphatic heterocycles. The van der Waals surface area contributed by atoms with Gasteiger partial charge in [-0.1, -0.05) is 12.1 Å². The summed E-state index contributed by atoms with van der Waals surface area (Å²) in [5.41, 5.74) is 5.32. The molecular formula is C23H19N5O3. The van der Waals surface area contributed by atoms with Gasteiger partial charge in [0.15, 0.2) is 0 Å². The Balaban J connectivity index is 1.81. The van der Waals surface area contributed by atoms with Gasteiger partial charge in [0.1, 0.15) is 17.6 Å². The number of ether oxygens (including phenoxy) is 1. The van der Waals surface area contributed by atoms with Gasteiger partial charge in [-0.15, -0.1) is 0 Å². The van der Waals surface area contributed by atoms with Gasteiger partial charge < -0.3 is 14.3 Å². The second kappa shape index (κ2) is 7.80. The van der Waals surface area contributed by atoms with Gasteiger partial charge in [-0.2, -0.15) is 5.26 Å². The summed E-state index contributed by atoms with van der Waals surface area (Å²) in [5.74, 6) is 0.894. The van der Waals surface area contributed by atoms with Gasteiger partial charge >= 0.3 is 0 Å². The second-order valence-electron chi connectivity index (χ2n) is 7.05. The maximum atomic E-state index is 11.1. The summed E-state index contributed by atoms with van der Waals surface area (Å²) >= 11 is 0. The molecule has 8 nitrogen and oxygen atoms in total. The third-order valence-corrected chi connectivity index (χ3v) is 5.15. The number of non-ortho nitro benzene ring substituents is 1. The van der Waals surface area contributed by atoms with Gasteiger partial charge in [0.05, 0.1) is 40.4 Å². The van der Waals surface area contributed by atoms with Crippen LogP contribution in [0.2, 0.25) is 0 Å². The summed E-state index contributed by atoms with van der Waals surface area (Å²) in [6.07, 6.45) is 1.79. The number of allylic oxidation sites excluding steroid dienone is 1. The number of rotatable bonds is 5. The van der Waals surface area contributed by atoms with Gasteiger partial charge in [-0.3, -0.25) is 10.1 Å². The number of nitriles is 1. The lowest BCUT2D eigenvalue weighted by atomic mass is 10.1. The van der Waals surface area contributed by atoms with Gasteiger partial charge in [0.25, 0.3) is 5.69 Å². The zero-order chi connectivity index (χ0) is 22.1. The van der Waals surface area contributed by atoms with Gasteiger partial charge in [-0.25, -0.2) is 4.98 Å². The minimum atomic E-state index is -0.456. The predicted molar refractivity (Wildman–Crippen MR) is 118 cm³/mol. The molecule has 0 atom stereocenters. The molecule has 2 aromatic heterocycles. The summed E-state index contributed by atoms with van der Waals surface area (Å²) in [6.45, 7) is 3.85. The average molecular weight is 413 g/mol. The Morgan fingerprint density at radius 1 is 1.26 bits per heavy atom. The molecule has 8 heteroatoms. The SMILES string of the molecule is COc1cc([N+](=O)[O-])ccc1-n1c(C)cc(/C=C(/C#N)c2nc3ccccc3[nH]2)c1C. The summed E-state index contributed by atoms with van der Waals surface area (Å²) in [7, 11) is 1.48. The molecule has 0 amide bonds. The van der Waals surface area contributed by atoms with Crippen molar-refractivity contribution in [2.75, 3.05) is 7.11 Å². The summed E-state index contributed by atoms with van der Waals surface area (Å²) in [5, 5.41) is 20.9. The highest BCUT2D eigenvalue weighted by molar-refractivity contribution is 5.90. The van der Waals surface area contributed by atoms with Crippen molar-refractivity contribution in [2.24, 2.45) is 0 Å². The molecule has 2 heterocycles. The molecule has 2 aromatic carbocycles. The molecule has 4 rings (SSSR count). The van der Waals surface area contributed by atoms with E-state index in [1.165, 1.54) is 19.2 Å². The first-order valence-corrected chi connectivity index (χ1v) is 9.51. The highest BCUT2D eigenvalue weighted by Crippen LogP contribution is 2.32. The van der Waals surface area contributed by atoms with Crippen LogP contribution in [-0.2, 0) is 0 Å². The van der Waals surface area contributed by atoms with E-state index in [1.807, 2.05) is 48.7 Å². The Hall–Kier alpha value is -4.38. The number of benzene rings is 2. The van der Waals surface area contributed by atoms with Crippen LogP contribution >= 0.6 is 0 Å². The van der Waals surface area contributed by atoms with Crippen LogP contribution in [0.3, 0.4) is 0 Å². The number of aryl methyl sites for hydroxylation is 1. The highest BCUT2D eigenvalue weighted by atomic mass is 16.6. The largest absolute Gasteiger partial charge is 0.494 e. The monoisotopic (exact) mass is 413 g/mol. The number of H-pyrrole nitrogens is 1. The minimum absolute atomic E-state index is 0.0418. The van der Waals surface area contributed by atoms with E-state index in [4.69, 9.17) is 4.74 Å². The van der Waals surface area contributed by atoms with E-state index >= 15 is 0 Å². The Bertz CT molecular complexity index is 1360. The van der Waals surface area contributed by atoms with E-state index in [1.54, 1.807) is 12.1 Å². The van der Waals surface area contributed by atoms with Crippen molar-refractivity contribution < 1.29 is 9.66 Å². The lowest BCUT2D eigenvalue weighted by molar-refractivity contribution is -0.384. The summed E-state index contributed by atoms with van der Waals surface area (Å²) < 4.78 is 7.35. The second-order valence-corrected chi connectivity index (χ2v) is 7.05. The van der Waals surface area contributed by atoms with Gasteiger partial charge in [0.2, 0.25) is 0 Å². The lowest BCUT2D eigenvalue weighted by Gasteiger charge is -2.13. The van der Waals surface area contributed by atoms with Gasteiger partial charge in [-0.05, 0) is 49.8 Å². The summed E-state index contributed by atoms with van der Waals surface area (Å²) in [6, 6.07) is 16.3. The third-order valence-electron chi connectivity index (χ3n) is 5.15. The topological polar surface area (TPSA) is 110 Å². The molecule has 1 N–H and O–H groups in total. The van der Waals surface area contributed by atoms with Crippen LogP contribution in [0.5, 0.6) is 5.75 Å². The van der Waals surface area contributed by atoms with Crippen molar-refractivity contribution in [3.05, 3.63) is 81.4 Å². The van der Waals surface area contributed by atoms with E-state index in [0.29, 0.717) is 22.8 Å². The van der Waals surface area contributed by atoms with E-state index in [0.717, 1.165) is 28.0 Å². The van der Waals surface area contributed by atoms with Crippen molar-refractivity contribution in [3.63, 3.8) is 0 Å². The smallest absolute Gasteiger partial charge is 0.273 e. The van der Waals surface area contributed by atoms with Crippen LogP contribution < -0.4 is 4.74 Å². The van der Waals surface area contributed by atoms with E-state index in [9.17, 15) is 15.4 Å². The molecule has 0 saturated carbocycles. The fourth-order valence-corrected chi connectivity index (χ4v) is 3.66. The standard InChI is InChI=1S/C23H19N5O3/c1-14-10-16(11-17(13-24)23-25-19-6-4-5-7-20(19)26-23)15(2)27(14)21-9-8-18(28(29)30)12-22(21)31-3/h4-12H,1-3H3,(H,25,26)/b17-11-. The molecule has 0 aliphatic carbocycles. The molecule has 31 heavy (non-hydrogen) atoms. The molecule has 154 valence electrons. The molecule has 0 bridgehead atoms. The van der Waals surface area contributed by atoms with Crippen molar-refractivity contribution in [3.8, 4) is 17.5 Å². The quantitative estimate of drug-likeness (QED) is 0.283. The number of para-hydroxylation sites is 2. The minimum Gasteiger partial charge on any atom is -0.494 e. The van der Waals surface area contributed by atoms with E-state index in [2.05, 4.69) is 16.0 Å². The fraction of sp³-hybridized carbons (Fsp3) is 0.130. The number of nitrogens with zero attached hydrogens (tertiary/aromatic N) is 4. The van der Waals surface area contributed by atoms with Crippen LogP contribution in [0.4, 0.5) is 5.69 Å². The highest BCUT2D eigenvalue weighted by Gasteiger charge is 2.18. The van der Waals surface area contributed by atoms with Crippen molar-refractivity contribution in [1.82, 2.24) is 14.5 Å². The Morgan fingerprint density at radius 2 is 2.03 bits per heavy atom. The maximum absolute atomic E-state index is 11.1. The van der Waals surface area contributed by atoms with E-state index < -0.39 is 4.92 Å². The van der Waals surface area contributed by atoms with Crippen LogP contribution in [-0.4, -0.2) is 26.6 Å². The number of fused-ring (bicyclic) bond motifs is 1. The van der Waals surface area contributed by atoms with Crippen LogP contribution in [0.15, 0.2) is 48.5 Å². The normalized spacial score (nSPS) is 11.5. The number of hydrogen-bond donors (Lipinski definition) is 1. The first-order valence-electron chi connectivity index (χ1n) is 9.51. The lowest BCUT2D eigenvalue weighted by Crippen LogP contribution is -2.03. The number of methoxy groups -OCH3 is 1. The van der Waals surface area contributed by atoms with Gasteiger partial charge in [0, 0.05) is 17.5 Å². The average Bonchev–Trinajstić information content (AvgIpc) is 3.31. The van der Waals surface area contributed by atoms with E-state index in [-0.39, 0.29) is 5.69 Å². The van der Waals surface area contributed by atoms with Crippen molar-refractivity contribution in [2.45, 2.75) is 13.8 Å². The number of nitrogens with one attached hydrogen (secondary N) is 1. The number of imidazole rings is 1. The third kappa shape index (κ3) is 3.53. The Kier molecular flexibility index (Phi) is 5.01. The molecule has 0 fully saturated rings. The molecule has 0 unspecified atom stereocenters. The number of hydrogen-bond acceptors (Lipinski definition) is 5. The number of aromatic nitrogens is 3. The van der Waals surface area contributed by atoms with Crippen LogP contribution in [0.25, 0.3) is 28.4 Å². The zero-order valence-electron chi connectivity index (χ0n) is 17.2. The van der Waals surface area contributed by atoms with Crippen molar-refractivity contribution in [1.29, 1.82) is 5.26 Å². The Labute approximate surface area is 178 Å². The number of nitro benzene ring substituents is 1. The first kappa shape index (κ1) is 19.9. The molecular weight excluding hydrogens is 394 g/mol. The molecule has 0 saturated heterocycles. The molecule has 0 aliphatic rings.